The van der Waals surface area contributed by atoms with Gasteiger partial charge in [-0.3, -0.25) is 0 Å². The lowest BCUT2D eigenvalue weighted by atomic mass is 10.0. The number of benzene rings is 1. The molecule has 0 aliphatic carbocycles. The molecule has 1 rings (SSSR count). The van der Waals surface area contributed by atoms with Crippen molar-refractivity contribution in [3.05, 3.63) is 23.8 Å². The molecular weight excluding hydrogens is 178 g/mol. The molecule has 1 aromatic carbocycles. The Bertz CT molecular complexity index is 299. The van der Waals surface area contributed by atoms with E-state index in [1.807, 2.05) is 13.1 Å². The molecule has 0 spiro atoms. The predicted octanol–water partition coefficient (Wildman–Crippen LogP) is 1.50. The number of phenols is 2. The highest BCUT2D eigenvalue weighted by Crippen LogP contribution is 2.25. The quantitative estimate of drug-likeness (QED) is 0.638. The smallest absolute Gasteiger partial charge is 0.157 e. The lowest BCUT2D eigenvalue weighted by Gasteiger charge is -2.10. The molecule has 3 N–H and O–H groups in total. The Morgan fingerprint density at radius 3 is 2.57 bits per heavy atom. The minimum atomic E-state index is -0.0602. The fraction of sp³-hybridized carbons (Fsp3) is 0.455. The van der Waals surface area contributed by atoms with Gasteiger partial charge in [-0.25, -0.2) is 0 Å². The maximum atomic E-state index is 9.28. The van der Waals surface area contributed by atoms with Crippen molar-refractivity contribution in [3.63, 3.8) is 0 Å². The van der Waals surface area contributed by atoms with Gasteiger partial charge in [0.2, 0.25) is 0 Å². The highest BCUT2D eigenvalue weighted by Gasteiger charge is 2.05. The Morgan fingerprint density at radius 1 is 1.29 bits per heavy atom. The van der Waals surface area contributed by atoms with E-state index in [-0.39, 0.29) is 11.5 Å². The molecular formula is C11H17NO2. The van der Waals surface area contributed by atoms with Gasteiger partial charge in [0.15, 0.2) is 11.5 Å². The summed E-state index contributed by atoms with van der Waals surface area (Å²) in [4.78, 5) is 0. The van der Waals surface area contributed by atoms with Gasteiger partial charge >= 0.3 is 0 Å². The predicted molar refractivity (Wildman–Crippen MR) is 56.6 cm³/mol. The summed E-state index contributed by atoms with van der Waals surface area (Å²) in [5.74, 6) is 0.415. The van der Waals surface area contributed by atoms with Gasteiger partial charge in [-0.15, -0.1) is 0 Å². The molecule has 0 saturated heterocycles. The third-order valence-corrected chi connectivity index (χ3v) is 2.18. The van der Waals surface area contributed by atoms with Crippen LogP contribution in [0.25, 0.3) is 0 Å². The maximum absolute atomic E-state index is 9.28. The van der Waals surface area contributed by atoms with Gasteiger partial charge in [-0.05, 0) is 43.6 Å². The monoisotopic (exact) mass is 195 g/mol. The standard InChI is InChI=1S/C11H17NO2/c1-8(7-12-2)5-9-3-4-10(13)11(14)6-9/h3-4,6,8,12-14H,5,7H2,1-2H3. The van der Waals surface area contributed by atoms with Crippen LogP contribution in [-0.4, -0.2) is 23.8 Å². The first-order valence-electron chi connectivity index (χ1n) is 4.79. The SMILES string of the molecule is CNCC(C)Cc1ccc(O)c(O)c1. The molecule has 0 heterocycles. The summed E-state index contributed by atoms with van der Waals surface area (Å²) in [7, 11) is 1.92. The van der Waals surface area contributed by atoms with Crippen LogP contribution in [0.3, 0.4) is 0 Å². The van der Waals surface area contributed by atoms with Crippen LogP contribution in [0.4, 0.5) is 0 Å². The first-order chi connectivity index (χ1) is 6.63. The fourth-order valence-corrected chi connectivity index (χ4v) is 1.52. The summed E-state index contributed by atoms with van der Waals surface area (Å²) < 4.78 is 0. The van der Waals surface area contributed by atoms with Crippen molar-refractivity contribution in [2.45, 2.75) is 13.3 Å². The molecule has 0 bridgehead atoms. The molecule has 1 aromatic rings. The first-order valence-corrected chi connectivity index (χ1v) is 4.79. The van der Waals surface area contributed by atoms with Gasteiger partial charge < -0.3 is 15.5 Å². The van der Waals surface area contributed by atoms with E-state index in [9.17, 15) is 5.11 Å². The average molecular weight is 195 g/mol. The fourth-order valence-electron chi connectivity index (χ4n) is 1.52. The Balaban J connectivity index is 2.63. The molecule has 1 unspecified atom stereocenters. The molecule has 0 saturated carbocycles. The van der Waals surface area contributed by atoms with Gasteiger partial charge in [-0.1, -0.05) is 13.0 Å². The summed E-state index contributed by atoms with van der Waals surface area (Å²) in [5.41, 5.74) is 1.04. The van der Waals surface area contributed by atoms with Crippen LogP contribution in [0.5, 0.6) is 11.5 Å². The van der Waals surface area contributed by atoms with E-state index in [0.29, 0.717) is 5.92 Å². The molecule has 0 aliphatic heterocycles. The van der Waals surface area contributed by atoms with Crippen LogP contribution in [0.15, 0.2) is 18.2 Å². The molecule has 0 aliphatic rings. The van der Waals surface area contributed by atoms with Gasteiger partial charge in [0.25, 0.3) is 0 Å². The van der Waals surface area contributed by atoms with Crippen molar-refractivity contribution in [2.24, 2.45) is 5.92 Å². The molecule has 78 valence electrons. The second-order valence-electron chi connectivity index (χ2n) is 3.69. The Kier molecular flexibility index (Phi) is 3.77. The summed E-state index contributed by atoms with van der Waals surface area (Å²) in [6.45, 7) is 3.09. The normalized spacial score (nSPS) is 12.7. The van der Waals surface area contributed by atoms with Gasteiger partial charge in [0, 0.05) is 0 Å². The summed E-state index contributed by atoms with van der Waals surface area (Å²) in [6.07, 6.45) is 0.898. The first kappa shape index (κ1) is 10.9. The third kappa shape index (κ3) is 2.92. The number of hydrogen-bond donors (Lipinski definition) is 3. The van der Waals surface area contributed by atoms with Crippen LogP contribution in [0.2, 0.25) is 0 Å². The van der Waals surface area contributed by atoms with Gasteiger partial charge in [0.05, 0.1) is 0 Å². The van der Waals surface area contributed by atoms with Crippen molar-refractivity contribution in [3.8, 4) is 11.5 Å². The van der Waals surface area contributed by atoms with Crippen molar-refractivity contribution in [1.82, 2.24) is 5.32 Å². The number of phenolic OH excluding ortho intramolecular Hbond substituents is 2. The zero-order valence-corrected chi connectivity index (χ0v) is 8.62. The molecule has 14 heavy (non-hydrogen) atoms. The molecule has 0 fully saturated rings. The molecule has 0 aromatic heterocycles. The minimum Gasteiger partial charge on any atom is -0.504 e. The van der Waals surface area contributed by atoms with Crippen molar-refractivity contribution in [1.29, 1.82) is 0 Å². The second kappa shape index (κ2) is 4.86. The molecule has 1 atom stereocenters. The second-order valence-corrected chi connectivity index (χ2v) is 3.69. The van der Waals surface area contributed by atoms with Crippen molar-refractivity contribution in [2.75, 3.05) is 13.6 Å². The van der Waals surface area contributed by atoms with Crippen LogP contribution >= 0.6 is 0 Å². The van der Waals surface area contributed by atoms with Crippen LogP contribution in [0.1, 0.15) is 12.5 Å². The van der Waals surface area contributed by atoms with Crippen molar-refractivity contribution >= 4 is 0 Å². The van der Waals surface area contributed by atoms with E-state index >= 15 is 0 Å². The number of hydrogen-bond acceptors (Lipinski definition) is 3. The summed E-state index contributed by atoms with van der Waals surface area (Å²) in [6, 6.07) is 4.97. The third-order valence-electron chi connectivity index (χ3n) is 2.18. The average Bonchev–Trinajstić information content (AvgIpc) is 2.12. The molecule has 3 heteroatoms. The number of rotatable bonds is 4. The van der Waals surface area contributed by atoms with E-state index in [0.717, 1.165) is 18.5 Å². The largest absolute Gasteiger partial charge is 0.504 e. The Morgan fingerprint density at radius 2 is 2.00 bits per heavy atom. The van der Waals surface area contributed by atoms with Crippen LogP contribution < -0.4 is 5.32 Å². The lowest BCUT2D eigenvalue weighted by Crippen LogP contribution is -2.17. The van der Waals surface area contributed by atoms with Gasteiger partial charge in [-0.2, -0.15) is 0 Å². The Hall–Kier alpha value is -1.22. The Labute approximate surface area is 84.4 Å². The zero-order valence-electron chi connectivity index (χ0n) is 8.62. The molecule has 0 radical (unpaired) electrons. The lowest BCUT2D eigenvalue weighted by molar-refractivity contribution is 0.402. The topological polar surface area (TPSA) is 52.5 Å². The van der Waals surface area contributed by atoms with E-state index in [4.69, 9.17) is 5.11 Å². The van der Waals surface area contributed by atoms with Crippen molar-refractivity contribution < 1.29 is 10.2 Å². The van der Waals surface area contributed by atoms with E-state index in [2.05, 4.69) is 12.2 Å². The number of aromatic hydroxyl groups is 2. The van der Waals surface area contributed by atoms with Crippen LogP contribution in [0, 0.1) is 5.92 Å². The maximum Gasteiger partial charge on any atom is 0.157 e. The zero-order chi connectivity index (χ0) is 10.6. The van der Waals surface area contributed by atoms with E-state index in [1.54, 1.807) is 6.07 Å². The minimum absolute atomic E-state index is 0.0424. The highest BCUT2D eigenvalue weighted by atomic mass is 16.3. The summed E-state index contributed by atoms with van der Waals surface area (Å²) >= 11 is 0. The van der Waals surface area contributed by atoms with Crippen LogP contribution in [-0.2, 0) is 6.42 Å². The van der Waals surface area contributed by atoms with Gasteiger partial charge in [0.1, 0.15) is 0 Å². The number of nitrogens with one attached hydrogen (secondary N) is 1. The van der Waals surface area contributed by atoms with E-state index < -0.39 is 0 Å². The van der Waals surface area contributed by atoms with E-state index in [1.165, 1.54) is 6.07 Å². The molecule has 0 amide bonds. The molecule has 3 nitrogen and oxygen atoms in total. The highest BCUT2D eigenvalue weighted by molar-refractivity contribution is 5.40. The summed E-state index contributed by atoms with van der Waals surface area (Å²) in [5, 5.41) is 21.5.